The van der Waals surface area contributed by atoms with Crippen LogP contribution in [0.15, 0.2) is 35.2 Å². The zero-order valence-corrected chi connectivity index (χ0v) is 18.0. The number of carbonyl (C=O) groups is 1. The minimum Gasteiger partial charge on any atom is -0.351 e. The number of aryl methyl sites for hydroxylation is 3. The first kappa shape index (κ1) is 19.3. The van der Waals surface area contributed by atoms with Gasteiger partial charge >= 0.3 is 0 Å². The molecular formula is C19H21BrN8O. The third-order valence-electron chi connectivity index (χ3n) is 4.84. The summed E-state index contributed by atoms with van der Waals surface area (Å²) < 4.78 is 6.34. The Hall–Kier alpha value is -3.01. The smallest absolute Gasteiger partial charge is 0.271 e. The van der Waals surface area contributed by atoms with Gasteiger partial charge in [-0.25, -0.2) is 9.50 Å². The molecule has 1 N–H and O–H groups in total. The van der Waals surface area contributed by atoms with Gasteiger partial charge in [0, 0.05) is 49.9 Å². The molecule has 0 radical (unpaired) electrons. The van der Waals surface area contributed by atoms with Gasteiger partial charge in [0.2, 0.25) is 0 Å². The highest BCUT2D eigenvalue weighted by molar-refractivity contribution is 9.10. The zero-order valence-electron chi connectivity index (χ0n) is 16.4. The predicted molar refractivity (Wildman–Crippen MR) is 112 cm³/mol. The molecule has 4 rings (SSSR count). The second-order valence-electron chi connectivity index (χ2n) is 6.83. The van der Waals surface area contributed by atoms with Crippen molar-refractivity contribution in [1.82, 2.24) is 39.5 Å². The van der Waals surface area contributed by atoms with Gasteiger partial charge in [-0.2, -0.15) is 15.3 Å². The molecule has 4 aromatic heterocycles. The first-order valence-corrected chi connectivity index (χ1v) is 10.0. The van der Waals surface area contributed by atoms with E-state index in [2.05, 4.69) is 41.5 Å². The fourth-order valence-electron chi connectivity index (χ4n) is 3.10. The Bertz CT molecular complexity index is 1170. The summed E-state index contributed by atoms with van der Waals surface area (Å²) in [6.07, 6.45) is 6.21. The van der Waals surface area contributed by atoms with E-state index in [1.54, 1.807) is 27.7 Å². The van der Waals surface area contributed by atoms with Gasteiger partial charge < -0.3 is 5.32 Å². The first-order valence-electron chi connectivity index (χ1n) is 9.25. The average molecular weight is 457 g/mol. The number of nitrogens with one attached hydrogen (secondary N) is 1. The quantitative estimate of drug-likeness (QED) is 0.449. The van der Waals surface area contributed by atoms with E-state index in [4.69, 9.17) is 0 Å². The maximum absolute atomic E-state index is 12.5. The van der Waals surface area contributed by atoms with Crippen LogP contribution in [-0.4, -0.2) is 46.6 Å². The van der Waals surface area contributed by atoms with Gasteiger partial charge in [-0.1, -0.05) is 0 Å². The highest BCUT2D eigenvalue weighted by Crippen LogP contribution is 2.23. The Kier molecular flexibility index (Phi) is 5.18. The lowest BCUT2D eigenvalue weighted by Crippen LogP contribution is -2.25. The standard InChI is InChI=1S/C19H21BrN8O/c1-12-15(20)11-27(24-12)8-4-6-22-19(29)16-9-18-21-7-5-17(28(18)25-16)14-10-23-26(3)13(14)2/h5,7,9-11H,4,6,8H2,1-3H3,(H,22,29). The first-order chi connectivity index (χ1) is 13.9. The van der Waals surface area contributed by atoms with Crippen LogP contribution in [0.3, 0.4) is 0 Å². The molecular weight excluding hydrogens is 436 g/mol. The van der Waals surface area contributed by atoms with Crippen LogP contribution in [0.1, 0.15) is 28.3 Å². The highest BCUT2D eigenvalue weighted by Gasteiger charge is 2.16. The highest BCUT2D eigenvalue weighted by atomic mass is 79.9. The van der Waals surface area contributed by atoms with E-state index in [1.165, 1.54) is 0 Å². The summed E-state index contributed by atoms with van der Waals surface area (Å²) in [6.45, 7) is 5.20. The van der Waals surface area contributed by atoms with E-state index < -0.39 is 0 Å². The van der Waals surface area contributed by atoms with Gasteiger partial charge in [-0.3, -0.25) is 14.2 Å². The summed E-state index contributed by atoms with van der Waals surface area (Å²) in [5.41, 5.74) is 4.72. The minimum atomic E-state index is -0.220. The molecule has 0 spiro atoms. The lowest BCUT2D eigenvalue weighted by Gasteiger charge is -2.04. The summed E-state index contributed by atoms with van der Waals surface area (Å²) in [4.78, 5) is 16.9. The van der Waals surface area contributed by atoms with Gasteiger partial charge in [0.05, 0.1) is 22.1 Å². The number of aromatic nitrogens is 7. The number of carbonyl (C=O) groups excluding carboxylic acids is 1. The van der Waals surface area contributed by atoms with Crippen molar-refractivity contribution in [2.24, 2.45) is 7.05 Å². The van der Waals surface area contributed by atoms with Crippen LogP contribution < -0.4 is 5.32 Å². The van der Waals surface area contributed by atoms with Gasteiger partial charge in [0.1, 0.15) is 0 Å². The summed E-state index contributed by atoms with van der Waals surface area (Å²) in [6, 6.07) is 3.56. The molecule has 9 nitrogen and oxygen atoms in total. The molecule has 0 atom stereocenters. The molecule has 29 heavy (non-hydrogen) atoms. The number of rotatable bonds is 6. The Morgan fingerprint density at radius 3 is 2.79 bits per heavy atom. The Morgan fingerprint density at radius 2 is 2.10 bits per heavy atom. The summed E-state index contributed by atoms with van der Waals surface area (Å²) in [5, 5.41) is 16.1. The molecule has 4 heterocycles. The molecule has 0 aromatic carbocycles. The van der Waals surface area contributed by atoms with Crippen LogP contribution in [0.5, 0.6) is 0 Å². The molecule has 0 unspecified atom stereocenters. The molecule has 0 saturated carbocycles. The molecule has 150 valence electrons. The lowest BCUT2D eigenvalue weighted by molar-refractivity contribution is 0.0947. The lowest BCUT2D eigenvalue weighted by atomic mass is 10.2. The molecule has 0 fully saturated rings. The van der Waals surface area contributed by atoms with Crippen LogP contribution in [0, 0.1) is 13.8 Å². The monoisotopic (exact) mass is 456 g/mol. The van der Waals surface area contributed by atoms with Gasteiger partial charge in [-0.05, 0) is 42.3 Å². The molecule has 0 bridgehead atoms. The number of hydrogen-bond donors (Lipinski definition) is 1. The largest absolute Gasteiger partial charge is 0.351 e. The van der Waals surface area contributed by atoms with E-state index in [9.17, 15) is 4.79 Å². The van der Waals surface area contributed by atoms with Crippen LogP contribution in [0.25, 0.3) is 16.9 Å². The van der Waals surface area contributed by atoms with Gasteiger partial charge in [0.15, 0.2) is 11.3 Å². The molecule has 0 aliphatic heterocycles. The number of halogens is 1. The van der Waals surface area contributed by atoms with Crippen molar-refractivity contribution in [3.8, 4) is 11.3 Å². The number of fused-ring (bicyclic) bond motifs is 1. The molecule has 0 saturated heterocycles. The van der Waals surface area contributed by atoms with Crippen molar-refractivity contribution in [1.29, 1.82) is 0 Å². The van der Waals surface area contributed by atoms with Crippen molar-refractivity contribution in [3.05, 3.63) is 52.3 Å². The van der Waals surface area contributed by atoms with Crippen LogP contribution >= 0.6 is 15.9 Å². The maximum atomic E-state index is 12.5. The maximum Gasteiger partial charge on any atom is 0.271 e. The fourth-order valence-corrected chi connectivity index (χ4v) is 3.42. The van der Waals surface area contributed by atoms with Gasteiger partial charge in [-0.15, -0.1) is 0 Å². The third kappa shape index (κ3) is 3.80. The van der Waals surface area contributed by atoms with Crippen LogP contribution in [0.4, 0.5) is 0 Å². The second kappa shape index (κ2) is 7.78. The summed E-state index contributed by atoms with van der Waals surface area (Å²) in [5.74, 6) is -0.220. The second-order valence-corrected chi connectivity index (χ2v) is 7.69. The van der Waals surface area contributed by atoms with Crippen molar-refractivity contribution < 1.29 is 4.79 Å². The topological polar surface area (TPSA) is 94.9 Å². The van der Waals surface area contributed by atoms with Crippen molar-refractivity contribution >= 4 is 27.5 Å². The number of hydrogen-bond acceptors (Lipinski definition) is 5. The Labute approximate surface area is 175 Å². The van der Waals surface area contributed by atoms with Crippen molar-refractivity contribution in [3.63, 3.8) is 0 Å². The van der Waals surface area contributed by atoms with Crippen molar-refractivity contribution in [2.75, 3.05) is 6.54 Å². The van der Waals surface area contributed by atoms with Gasteiger partial charge in [0.25, 0.3) is 5.91 Å². The van der Waals surface area contributed by atoms with E-state index in [0.717, 1.165) is 40.1 Å². The molecule has 10 heteroatoms. The third-order valence-corrected chi connectivity index (χ3v) is 5.62. The average Bonchev–Trinajstić information content (AvgIpc) is 3.37. The normalized spacial score (nSPS) is 11.3. The fraction of sp³-hybridized carbons (Fsp3) is 0.316. The van der Waals surface area contributed by atoms with Crippen molar-refractivity contribution in [2.45, 2.75) is 26.8 Å². The van der Waals surface area contributed by atoms with Crippen LogP contribution in [0.2, 0.25) is 0 Å². The molecule has 0 aliphatic carbocycles. The number of amides is 1. The van der Waals surface area contributed by atoms with E-state index >= 15 is 0 Å². The molecule has 4 aromatic rings. The van der Waals surface area contributed by atoms with E-state index in [-0.39, 0.29) is 5.91 Å². The molecule has 1 amide bonds. The Morgan fingerprint density at radius 1 is 1.28 bits per heavy atom. The number of nitrogens with zero attached hydrogens (tertiary/aromatic N) is 7. The SMILES string of the molecule is Cc1nn(CCCNC(=O)c2cc3nccc(-c4cnn(C)c4C)n3n2)cc1Br. The van der Waals surface area contributed by atoms with Crippen LogP contribution in [-0.2, 0) is 13.6 Å². The molecule has 0 aliphatic rings. The Balaban J connectivity index is 1.46. The van der Waals surface area contributed by atoms with E-state index in [0.29, 0.717) is 17.9 Å². The summed E-state index contributed by atoms with van der Waals surface area (Å²) in [7, 11) is 1.89. The van der Waals surface area contributed by atoms with E-state index in [1.807, 2.05) is 37.8 Å². The minimum absolute atomic E-state index is 0.220. The predicted octanol–water partition coefficient (Wildman–Crippen LogP) is 2.53. The summed E-state index contributed by atoms with van der Waals surface area (Å²) >= 11 is 3.45. The zero-order chi connectivity index (χ0) is 20.5.